The minimum absolute atomic E-state index is 0.279. The van der Waals surface area contributed by atoms with Crippen molar-refractivity contribution in [3.05, 3.63) is 38.4 Å². The molecule has 8 nitrogen and oxygen atoms in total. The molecular formula is C11H16N4O4. The molecule has 1 rings (SSSR count). The second-order valence-corrected chi connectivity index (χ2v) is 4.25. The Morgan fingerprint density at radius 3 is 2.37 bits per heavy atom. The Balaban J connectivity index is 2.77. The van der Waals surface area contributed by atoms with Crippen LogP contribution in [0.15, 0.2) is 18.2 Å². The van der Waals surface area contributed by atoms with E-state index in [1.807, 2.05) is 13.8 Å². The third kappa shape index (κ3) is 4.51. The van der Waals surface area contributed by atoms with Crippen LogP contribution < -0.4 is 10.6 Å². The van der Waals surface area contributed by atoms with E-state index in [2.05, 4.69) is 10.6 Å². The Morgan fingerprint density at radius 2 is 1.84 bits per heavy atom. The molecule has 0 fully saturated rings. The normalized spacial score (nSPS) is 10.5. The predicted molar refractivity (Wildman–Crippen MR) is 71.4 cm³/mol. The van der Waals surface area contributed by atoms with Crippen LogP contribution in [0.2, 0.25) is 0 Å². The van der Waals surface area contributed by atoms with Gasteiger partial charge in [0, 0.05) is 25.2 Å². The molecule has 0 aliphatic heterocycles. The molecular weight excluding hydrogens is 252 g/mol. The van der Waals surface area contributed by atoms with Gasteiger partial charge in [-0.2, -0.15) is 0 Å². The Morgan fingerprint density at radius 1 is 1.16 bits per heavy atom. The number of benzene rings is 1. The van der Waals surface area contributed by atoms with E-state index < -0.39 is 9.85 Å². The quantitative estimate of drug-likeness (QED) is 0.444. The summed E-state index contributed by atoms with van der Waals surface area (Å²) in [5.74, 6) is 0. The number of anilines is 1. The Labute approximate surface area is 110 Å². The second kappa shape index (κ2) is 6.64. The highest BCUT2D eigenvalue weighted by Gasteiger charge is 2.18. The van der Waals surface area contributed by atoms with Crippen LogP contribution in [-0.2, 0) is 0 Å². The standard InChI is InChI=1S/C11H16N4O4/c1-8(2)12-5-6-13-10-4-3-9(14(16)17)7-11(10)15(18)19/h3-4,7-8,12-13H,5-6H2,1-2H3. The van der Waals surface area contributed by atoms with Gasteiger partial charge in [-0.1, -0.05) is 13.8 Å². The Bertz CT molecular complexity index is 476. The number of nitro groups is 2. The SMILES string of the molecule is CC(C)NCCNc1ccc([N+](=O)[O-])cc1[N+](=O)[O-]. The molecule has 0 bridgehead atoms. The van der Waals surface area contributed by atoms with Crippen molar-refractivity contribution < 1.29 is 9.85 Å². The summed E-state index contributed by atoms with van der Waals surface area (Å²) in [6, 6.07) is 3.88. The van der Waals surface area contributed by atoms with Crippen LogP contribution in [0.3, 0.4) is 0 Å². The molecule has 0 radical (unpaired) electrons. The van der Waals surface area contributed by atoms with Gasteiger partial charge < -0.3 is 10.6 Å². The molecule has 0 amide bonds. The third-order valence-electron chi connectivity index (χ3n) is 2.38. The van der Waals surface area contributed by atoms with E-state index in [9.17, 15) is 20.2 Å². The largest absolute Gasteiger partial charge is 0.378 e. The average Bonchev–Trinajstić information content (AvgIpc) is 2.34. The summed E-state index contributed by atoms with van der Waals surface area (Å²) in [6.45, 7) is 5.13. The lowest BCUT2D eigenvalue weighted by atomic mass is 10.2. The molecule has 2 N–H and O–H groups in total. The third-order valence-corrected chi connectivity index (χ3v) is 2.38. The number of non-ortho nitro benzene ring substituents is 1. The van der Waals surface area contributed by atoms with Crippen LogP contribution >= 0.6 is 0 Å². The molecule has 104 valence electrons. The van der Waals surface area contributed by atoms with Crippen molar-refractivity contribution in [3.8, 4) is 0 Å². The zero-order chi connectivity index (χ0) is 14.4. The summed E-state index contributed by atoms with van der Waals surface area (Å²) >= 11 is 0. The van der Waals surface area contributed by atoms with Crippen molar-refractivity contribution in [1.29, 1.82) is 0 Å². The van der Waals surface area contributed by atoms with Crippen LogP contribution in [0.1, 0.15) is 13.8 Å². The maximum absolute atomic E-state index is 10.9. The van der Waals surface area contributed by atoms with E-state index in [0.717, 1.165) is 6.07 Å². The lowest BCUT2D eigenvalue weighted by molar-refractivity contribution is -0.393. The molecule has 0 atom stereocenters. The first-order chi connectivity index (χ1) is 8.91. The van der Waals surface area contributed by atoms with Gasteiger partial charge in [0.2, 0.25) is 0 Å². The number of hydrogen-bond donors (Lipinski definition) is 2. The van der Waals surface area contributed by atoms with Gasteiger partial charge in [0.25, 0.3) is 11.4 Å². The zero-order valence-corrected chi connectivity index (χ0v) is 10.8. The minimum atomic E-state index is -0.656. The van der Waals surface area contributed by atoms with Crippen molar-refractivity contribution >= 4 is 17.1 Å². The number of nitrogens with one attached hydrogen (secondary N) is 2. The number of nitro benzene ring substituents is 2. The smallest absolute Gasteiger partial charge is 0.299 e. The summed E-state index contributed by atoms with van der Waals surface area (Å²) in [4.78, 5) is 20.2. The van der Waals surface area contributed by atoms with E-state index in [-0.39, 0.29) is 17.1 Å². The molecule has 1 aromatic carbocycles. The fourth-order valence-electron chi connectivity index (χ4n) is 1.49. The van der Waals surface area contributed by atoms with Crippen molar-refractivity contribution in [2.24, 2.45) is 0 Å². The van der Waals surface area contributed by atoms with Crippen molar-refractivity contribution in [1.82, 2.24) is 5.32 Å². The van der Waals surface area contributed by atoms with Crippen molar-refractivity contribution in [2.45, 2.75) is 19.9 Å². The maximum atomic E-state index is 10.9. The second-order valence-electron chi connectivity index (χ2n) is 4.25. The fourth-order valence-corrected chi connectivity index (χ4v) is 1.49. The summed E-state index contributed by atoms with van der Waals surface area (Å²) in [6.07, 6.45) is 0. The summed E-state index contributed by atoms with van der Waals surface area (Å²) < 4.78 is 0. The number of hydrogen-bond acceptors (Lipinski definition) is 6. The lowest BCUT2D eigenvalue weighted by Gasteiger charge is -2.10. The maximum Gasteiger partial charge on any atom is 0.299 e. The van der Waals surface area contributed by atoms with Gasteiger partial charge in [0.05, 0.1) is 15.9 Å². The molecule has 0 aliphatic rings. The Kier molecular flexibility index (Phi) is 5.19. The van der Waals surface area contributed by atoms with Crippen molar-refractivity contribution in [2.75, 3.05) is 18.4 Å². The fraction of sp³-hybridized carbons (Fsp3) is 0.455. The molecule has 19 heavy (non-hydrogen) atoms. The van der Waals surface area contributed by atoms with E-state index >= 15 is 0 Å². The monoisotopic (exact) mass is 268 g/mol. The van der Waals surface area contributed by atoms with Crippen LogP contribution in [0.25, 0.3) is 0 Å². The van der Waals surface area contributed by atoms with Gasteiger partial charge in [0.15, 0.2) is 0 Å². The summed E-state index contributed by atoms with van der Waals surface area (Å²) in [7, 11) is 0. The van der Waals surface area contributed by atoms with Gasteiger partial charge in [-0.25, -0.2) is 0 Å². The van der Waals surface area contributed by atoms with Gasteiger partial charge in [-0.05, 0) is 6.07 Å². The zero-order valence-electron chi connectivity index (χ0n) is 10.8. The van der Waals surface area contributed by atoms with E-state index in [1.54, 1.807) is 0 Å². The molecule has 8 heteroatoms. The van der Waals surface area contributed by atoms with Crippen LogP contribution in [-0.4, -0.2) is 29.0 Å². The van der Waals surface area contributed by atoms with E-state index in [0.29, 0.717) is 19.1 Å². The molecule has 0 heterocycles. The first-order valence-corrected chi connectivity index (χ1v) is 5.82. The van der Waals surface area contributed by atoms with Crippen LogP contribution in [0.4, 0.5) is 17.1 Å². The molecule has 0 aromatic heterocycles. The first kappa shape index (κ1) is 14.8. The highest BCUT2D eigenvalue weighted by molar-refractivity contribution is 5.65. The van der Waals surface area contributed by atoms with E-state index in [1.165, 1.54) is 12.1 Å². The van der Waals surface area contributed by atoms with Crippen LogP contribution in [0, 0.1) is 20.2 Å². The highest BCUT2D eigenvalue weighted by atomic mass is 16.6. The molecule has 0 unspecified atom stereocenters. The number of rotatable bonds is 7. The molecule has 0 aliphatic carbocycles. The summed E-state index contributed by atoms with van der Waals surface area (Å²) in [5, 5.41) is 27.5. The predicted octanol–water partition coefficient (Wildman–Crippen LogP) is 1.91. The first-order valence-electron chi connectivity index (χ1n) is 5.82. The Hall–Kier alpha value is -2.22. The van der Waals surface area contributed by atoms with Gasteiger partial charge >= 0.3 is 0 Å². The van der Waals surface area contributed by atoms with Gasteiger partial charge in [-0.3, -0.25) is 20.2 Å². The molecule has 0 saturated carbocycles. The highest BCUT2D eigenvalue weighted by Crippen LogP contribution is 2.28. The van der Waals surface area contributed by atoms with E-state index in [4.69, 9.17) is 0 Å². The average molecular weight is 268 g/mol. The molecule has 0 saturated heterocycles. The van der Waals surface area contributed by atoms with Crippen LogP contribution in [0.5, 0.6) is 0 Å². The van der Waals surface area contributed by atoms with Gasteiger partial charge in [-0.15, -0.1) is 0 Å². The number of nitrogens with zero attached hydrogens (tertiary/aromatic N) is 2. The molecule has 1 aromatic rings. The topological polar surface area (TPSA) is 110 Å². The summed E-state index contributed by atoms with van der Waals surface area (Å²) in [5.41, 5.74) is -0.308. The van der Waals surface area contributed by atoms with Crippen molar-refractivity contribution in [3.63, 3.8) is 0 Å². The molecule has 0 spiro atoms. The van der Waals surface area contributed by atoms with Gasteiger partial charge in [0.1, 0.15) is 5.69 Å². The minimum Gasteiger partial charge on any atom is -0.378 e. The lowest BCUT2D eigenvalue weighted by Crippen LogP contribution is -2.28.